The molecule has 0 saturated heterocycles. The number of carbonyl (C=O) groups is 2. The van der Waals surface area contributed by atoms with Crippen molar-refractivity contribution in [3.05, 3.63) is 47.7 Å². The number of carbonyl (C=O) groups excluding carboxylic acids is 2. The maximum absolute atomic E-state index is 12.9. The van der Waals surface area contributed by atoms with E-state index in [-0.39, 0.29) is 0 Å². The number of rotatable bonds is 4. The summed E-state index contributed by atoms with van der Waals surface area (Å²) in [6.45, 7) is 4.96. The number of hydrogen-bond donors (Lipinski definition) is 2. The zero-order chi connectivity index (χ0) is 19.1. The minimum atomic E-state index is -1.17. The summed E-state index contributed by atoms with van der Waals surface area (Å²) in [5.41, 5.74) is 7.46. The van der Waals surface area contributed by atoms with E-state index in [4.69, 9.17) is 5.73 Å². The largest absolute Gasteiger partial charge is 0.368 e. The maximum atomic E-state index is 12.9. The van der Waals surface area contributed by atoms with E-state index in [0.29, 0.717) is 28.0 Å². The fourth-order valence-corrected chi connectivity index (χ4v) is 2.79. The molecule has 0 radical (unpaired) electrons. The van der Waals surface area contributed by atoms with E-state index >= 15 is 0 Å². The van der Waals surface area contributed by atoms with E-state index in [1.165, 1.54) is 0 Å². The summed E-state index contributed by atoms with van der Waals surface area (Å²) >= 11 is 0. The van der Waals surface area contributed by atoms with E-state index < -0.39 is 17.4 Å². The van der Waals surface area contributed by atoms with Crippen LogP contribution >= 0.6 is 0 Å². The molecule has 2 heterocycles. The second-order valence-corrected chi connectivity index (χ2v) is 6.77. The normalized spacial score (nSPS) is 11.5. The van der Waals surface area contributed by atoms with Crippen LogP contribution in [0.25, 0.3) is 22.3 Å². The van der Waals surface area contributed by atoms with Crippen LogP contribution in [0.5, 0.6) is 0 Å². The number of benzene rings is 1. The molecule has 26 heavy (non-hydrogen) atoms. The predicted octanol–water partition coefficient (Wildman–Crippen LogP) is 1.94. The van der Waals surface area contributed by atoms with Crippen LogP contribution in [0.3, 0.4) is 0 Å². The lowest BCUT2D eigenvalue weighted by atomic mass is 10.0. The number of hydrogen-bond acceptors (Lipinski definition) is 4. The number of aryl methyl sites for hydroxylation is 2. The molecule has 0 unspecified atom stereocenters. The molecule has 0 spiro atoms. The van der Waals surface area contributed by atoms with Gasteiger partial charge in [-0.1, -0.05) is 30.3 Å². The molecule has 3 rings (SSSR count). The lowest BCUT2D eigenvalue weighted by Gasteiger charge is -2.22. The number of aromatic nitrogens is 3. The summed E-state index contributed by atoms with van der Waals surface area (Å²) in [5, 5.41) is 7.74. The van der Waals surface area contributed by atoms with Crippen molar-refractivity contribution in [2.45, 2.75) is 26.3 Å². The van der Waals surface area contributed by atoms with Crippen molar-refractivity contribution in [1.29, 1.82) is 0 Å². The zero-order valence-corrected chi connectivity index (χ0v) is 15.2. The summed E-state index contributed by atoms with van der Waals surface area (Å²) < 4.78 is 1.65. The molecule has 3 aromatic rings. The minimum Gasteiger partial charge on any atom is -0.368 e. The number of pyridine rings is 1. The molecule has 0 aliphatic carbocycles. The molecule has 0 aliphatic rings. The van der Waals surface area contributed by atoms with Crippen LogP contribution in [-0.4, -0.2) is 32.1 Å². The van der Waals surface area contributed by atoms with Crippen molar-refractivity contribution in [2.24, 2.45) is 12.8 Å². The molecule has 0 saturated carbocycles. The lowest BCUT2D eigenvalue weighted by molar-refractivity contribution is -0.122. The average molecular weight is 351 g/mol. The van der Waals surface area contributed by atoms with Crippen molar-refractivity contribution in [3.63, 3.8) is 0 Å². The Bertz CT molecular complexity index is 1010. The Kier molecular flexibility index (Phi) is 4.23. The lowest BCUT2D eigenvalue weighted by Crippen LogP contribution is -2.53. The quantitative estimate of drug-likeness (QED) is 0.749. The molecule has 7 heteroatoms. The van der Waals surface area contributed by atoms with Crippen molar-refractivity contribution in [3.8, 4) is 11.3 Å². The van der Waals surface area contributed by atoms with Gasteiger partial charge in [-0.15, -0.1) is 0 Å². The molecule has 134 valence electrons. The van der Waals surface area contributed by atoms with E-state index in [0.717, 1.165) is 5.56 Å². The molecule has 3 N–H and O–H groups in total. The standard InChI is InChI=1S/C19H21N5O2/c1-11-15-13(17(25)22-19(2,3)18(20)26)10-14(12-8-6-5-7-9-12)21-16(15)24(4)23-11/h5-10H,1-4H3,(H2,20,26)(H,22,25). The fraction of sp³-hybridized carbons (Fsp3) is 0.263. The number of nitrogens with one attached hydrogen (secondary N) is 1. The first-order valence-electron chi connectivity index (χ1n) is 8.23. The van der Waals surface area contributed by atoms with Gasteiger partial charge in [0.1, 0.15) is 5.54 Å². The molecule has 0 atom stereocenters. The van der Waals surface area contributed by atoms with Crippen LogP contribution < -0.4 is 11.1 Å². The van der Waals surface area contributed by atoms with Gasteiger partial charge in [-0.3, -0.25) is 14.3 Å². The van der Waals surface area contributed by atoms with Crippen LogP contribution in [0.4, 0.5) is 0 Å². The Morgan fingerprint density at radius 2 is 1.85 bits per heavy atom. The van der Waals surface area contributed by atoms with Crippen LogP contribution in [0.15, 0.2) is 36.4 Å². The molecular weight excluding hydrogens is 330 g/mol. The highest BCUT2D eigenvalue weighted by atomic mass is 16.2. The summed E-state index contributed by atoms with van der Waals surface area (Å²) in [7, 11) is 1.78. The molecule has 7 nitrogen and oxygen atoms in total. The van der Waals surface area contributed by atoms with Crippen molar-refractivity contribution in [1.82, 2.24) is 20.1 Å². The smallest absolute Gasteiger partial charge is 0.253 e. The van der Waals surface area contributed by atoms with Gasteiger partial charge in [-0.05, 0) is 26.8 Å². The topological polar surface area (TPSA) is 103 Å². The Labute approximate surface area is 151 Å². The van der Waals surface area contributed by atoms with E-state index in [1.807, 2.05) is 37.3 Å². The van der Waals surface area contributed by atoms with Gasteiger partial charge in [0.25, 0.3) is 5.91 Å². The summed E-state index contributed by atoms with van der Waals surface area (Å²) in [6.07, 6.45) is 0. The second-order valence-electron chi connectivity index (χ2n) is 6.77. The Balaban J connectivity index is 2.20. The Hall–Kier alpha value is -3.22. The zero-order valence-electron chi connectivity index (χ0n) is 15.2. The van der Waals surface area contributed by atoms with E-state index in [2.05, 4.69) is 15.4 Å². The van der Waals surface area contributed by atoms with Crippen molar-refractivity contribution in [2.75, 3.05) is 0 Å². The molecule has 0 aliphatic heterocycles. The molecular formula is C19H21N5O2. The molecule has 0 bridgehead atoms. The van der Waals surface area contributed by atoms with Crippen molar-refractivity contribution < 1.29 is 9.59 Å². The van der Waals surface area contributed by atoms with Gasteiger partial charge in [-0.25, -0.2) is 4.98 Å². The molecule has 1 aromatic carbocycles. The van der Waals surface area contributed by atoms with Gasteiger partial charge < -0.3 is 11.1 Å². The highest BCUT2D eigenvalue weighted by molar-refractivity contribution is 6.09. The predicted molar refractivity (Wildman–Crippen MR) is 99.4 cm³/mol. The maximum Gasteiger partial charge on any atom is 0.253 e. The van der Waals surface area contributed by atoms with Gasteiger partial charge in [0.2, 0.25) is 5.91 Å². The van der Waals surface area contributed by atoms with E-state index in [1.54, 1.807) is 31.6 Å². The third-order valence-electron chi connectivity index (χ3n) is 4.32. The summed E-state index contributed by atoms with van der Waals surface area (Å²) in [5.74, 6) is -1.00. The van der Waals surface area contributed by atoms with Crippen molar-refractivity contribution >= 4 is 22.8 Å². The van der Waals surface area contributed by atoms with Crippen LogP contribution in [0.1, 0.15) is 29.9 Å². The van der Waals surface area contributed by atoms with Gasteiger partial charge in [-0.2, -0.15) is 5.10 Å². The second kappa shape index (κ2) is 6.25. The number of nitrogens with two attached hydrogens (primary N) is 1. The van der Waals surface area contributed by atoms with Crippen LogP contribution in [0, 0.1) is 6.92 Å². The number of amides is 2. The first-order valence-corrected chi connectivity index (χ1v) is 8.23. The fourth-order valence-electron chi connectivity index (χ4n) is 2.79. The van der Waals surface area contributed by atoms with Gasteiger partial charge >= 0.3 is 0 Å². The SMILES string of the molecule is Cc1nn(C)c2nc(-c3ccccc3)cc(C(=O)NC(C)(C)C(N)=O)c12. The number of primary amides is 1. The molecule has 2 amide bonds. The van der Waals surface area contributed by atoms with Crippen LogP contribution in [0.2, 0.25) is 0 Å². The molecule has 2 aromatic heterocycles. The average Bonchev–Trinajstić information content (AvgIpc) is 2.88. The third kappa shape index (κ3) is 3.03. The monoisotopic (exact) mass is 351 g/mol. The summed E-state index contributed by atoms with van der Waals surface area (Å²) in [6, 6.07) is 11.3. The van der Waals surface area contributed by atoms with Gasteiger partial charge in [0.15, 0.2) is 5.65 Å². The highest BCUT2D eigenvalue weighted by Crippen LogP contribution is 2.27. The highest BCUT2D eigenvalue weighted by Gasteiger charge is 2.29. The first-order chi connectivity index (χ1) is 12.2. The third-order valence-corrected chi connectivity index (χ3v) is 4.32. The minimum absolute atomic E-state index is 0.394. The Morgan fingerprint density at radius 1 is 1.19 bits per heavy atom. The summed E-state index contributed by atoms with van der Waals surface area (Å²) in [4.78, 5) is 29.2. The first kappa shape index (κ1) is 17.6. The van der Waals surface area contributed by atoms with E-state index in [9.17, 15) is 9.59 Å². The number of nitrogens with zero attached hydrogens (tertiary/aromatic N) is 3. The molecule has 0 fully saturated rings. The Morgan fingerprint density at radius 3 is 2.46 bits per heavy atom. The number of fused-ring (bicyclic) bond motifs is 1. The van der Waals surface area contributed by atoms with Crippen LogP contribution in [-0.2, 0) is 11.8 Å². The van der Waals surface area contributed by atoms with Gasteiger partial charge in [0, 0.05) is 12.6 Å². The van der Waals surface area contributed by atoms with Gasteiger partial charge in [0.05, 0.1) is 22.3 Å².